The SMILES string of the molecule is Cc1ccc(C(CNS(C)(=O)=O)c2ccccn2)cc1. The quantitative estimate of drug-likeness (QED) is 0.917. The first-order chi connectivity index (χ1) is 9.46. The Hall–Kier alpha value is -1.72. The van der Waals surface area contributed by atoms with Crippen LogP contribution in [0.3, 0.4) is 0 Å². The number of hydrogen-bond donors (Lipinski definition) is 1. The van der Waals surface area contributed by atoms with E-state index >= 15 is 0 Å². The molecule has 1 aromatic heterocycles. The summed E-state index contributed by atoms with van der Waals surface area (Å²) in [5, 5.41) is 0. The van der Waals surface area contributed by atoms with Crippen LogP contribution < -0.4 is 4.72 Å². The molecular formula is C15H18N2O2S. The normalized spacial score (nSPS) is 13.1. The van der Waals surface area contributed by atoms with Crippen LogP contribution in [0.25, 0.3) is 0 Å². The third-order valence-electron chi connectivity index (χ3n) is 3.07. The van der Waals surface area contributed by atoms with Gasteiger partial charge >= 0.3 is 0 Å². The van der Waals surface area contributed by atoms with E-state index in [0.29, 0.717) is 6.54 Å². The van der Waals surface area contributed by atoms with Crippen molar-refractivity contribution >= 4 is 10.0 Å². The lowest BCUT2D eigenvalue weighted by molar-refractivity contribution is 0.582. The van der Waals surface area contributed by atoms with Gasteiger partial charge in [-0.05, 0) is 24.6 Å². The van der Waals surface area contributed by atoms with Crippen molar-refractivity contribution < 1.29 is 8.42 Å². The average molecular weight is 290 g/mol. The van der Waals surface area contributed by atoms with Crippen LogP contribution >= 0.6 is 0 Å². The van der Waals surface area contributed by atoms with Gasteiger partial charge in [0.2, 0.25) is 10.0 Å². The highest BCUT2D eigenvalue weighted by Gasteiger charge is 2.17. The number of pyridine rings is 1. The fourth-order valence-electron chi connectivity index (χ4n) is 2.01. The standard InChI is InChI=1S/C15H18N2O2S/c1-12-6-8-13(9-7-12)14(11-17-20(2,18)19)15-5-3-4-10-16-15/h3-10,14,17H,11H2,1-2H3. The Bertz CT molecular complexity index is 652. The number of nitrogens with one attached hydrogen (secondary N) is 1. The summed E-state index contributed by atoms with van der Waals surface area (Å²) in [5.74, 6) is -0.0912. The molecule has 0 aliphatic heterocycles. The number of aromatic nitrogens is 1. The van der Waals surface area contributed by atoms with Crippen LogP contribution in [-0.2, 0) is 10.0 Å². The van der Waals surface area contributed by atoms with Gasteiger partial charge in [0.15, 0.2) is 0 Å². The van der Waals surface area contributed by atoms with Crippen molar-refractivity contribution in [3.63, 3.8) is 0 Å². The van der Waals surface area contributed by atoms with Crippen molar-refractivity contribution in [3.05, 3.63) is 65.5 Å². The Morgan fingerprint density at radius 2 is 1.85 bits per heavy atom. The molecule has 0 aliphatic carbocycles. The van der Waals surface area contributed by atoms with Gasteiger partial charge in [-0.15, -0.1) is 0 Å². The first kappa shape index (κ1) is 14.7. The monoisotopic (exact) mass is 290 g/mol. The second-order valence-electron chi connectivity index (χ2n) is 4.84. The number of nitrogens with zero attached hydrogens (tertiary/aromatic N) is 1. The van der Waals surface area contributed by atoms with E-state index < -0.39 is 10.0 Å². The molecule has 0 amide bonds. The van der Waals surface area contributed by atoms with E-state index in [0.717, 1.165) is 17.5 Å². The third kappa shape index (κ3) is 4.15. The zero-order chi connectivity index (χ0) is 14.6. The molecule has 0 aliphatic rings. The van der Waals surface area contributed by atoms with E-state index in [9.17, 15) is 8.42 Å². The predicted molar refractivity (Wildman–Crippen MR) is 80.1 cm³/mol. The number of benzene rings is 1. The molecule has 1 N–H and O–H groups in total. The average Bonchev–Trinajstić information content (AvgIpc) is 2.41. The molecule has 0 radical (unpaired) electrons. The lowest BCUT2D eigenvalue weighted by Crippen LogP contribution is -2.28. The molecule has 0 fully saturated rings. The summed E-state index contributed by atoms with van der Waals surface area (Å²) in [5.41, 5.74) is 3.07. The maximum absolute atomic E-state index is 11.3. The maximum atomic E-state index is 11.3. The van der Waals surface area contributed by atoms with E-state index in [1.54, 1.807) is 6.20 Å². The van der Waals surface area contributed by atoms with Crippen molar-refractivity contribution in [1.29, 1.82) is 0 Å². The smallest absolute Gasteiger partial charge is 0.208 e. The summed E-state index contributed by atoms with van der Waals surface area (Å²) in [6, 6.07) is 13.7. The molecule has 20 heavy (non-hydrogen) atoms. The van der Waals surface area contributed by atoms with E-state index in [2.05, 4.69) is 9.71 Å². The van der Waals surface area contributed by atoms with E-state index in [4.69, 9.17) is 0 Å². The highest BCUT2D eigenvalue weighted by Crippen LogP contribution is 2.22. The number of sulfonamides is 1. The Morgan fingerprint density at radius 1 is 1.15 bits per heavy atom. The second kappa shape index (κ2) is 6.15. The van der Waals surface area contributed by atoms with Crippen LogP contribution in [0.4, 0.5) is 0 Å². The van der Waals surface area contributed by atoms with Gasteiger partial charge < -0.3 is 0 Å². The topological polar surface area (TPSA) is 59.1 Å². The molecular weight excluding hydrogens is 272 g/mol. The van der Waals surface area contributed by atoms with Gasteiger partial charge in [-0.3, -0.25) is 4.98 Å². The van der Waals surface area contributed by atoms with Crippen molar-refractivity contribution in [1.82, 2.24) is 9.71 Å². The molecule has 0 saturated carbocycles. The van der Waals surface area contributed by atoms with Crippen molar-refractivity contribution in [2.45, 2.75) is 12.8 Å². The Balaban J connectivity index is 2.31. The molecule has 5 heteroatoms. The van der Waals surface area contributed by atoms with Gasteiger partial charge in [0.25, 0.3) is 0 Å². The summed E-state index contributed by atoms with van der Waals surface area (Å²) < 4.78 is 25.2. The van der Waals surface area contributed by atoms with Gasteiger partial charge in [0.05, 0.1) is 6.26 Å². The van der Waals surface area contributed by atoms with Gasteiger partial charge in [-0.1, -0.05) is 35.9 Å². The molecule has 1 aromatic carbocycles. The van der Waals surface area contributed by atoms with Gasteiger partial charge in [-0.2, -0.15) is 0 Å². The van der Waals surface area contributed by atoms with Gasteiger partial charge in [-0.25, -0.2) is 13.1 Å². The van der Waals surface area contributed by atoms with Crippen LogP contribution in [0, 0.1) is 6.92 Å². The molecule has 0 saturated heterocycles. The van der Waals surface area contributed by atoms with Crippen molar-refractivity contribution in [3.8, 4) is 0 Å². The molecule has 1 unspecified atom stereocenters. The minimum Gasteiger partial charge on any atom is -0.261 e. The molecule has 0 spiro atoms. The van der Waals surface area contributed by atoms with Crippen LogP contribution in [-0.4, -0.2) is 26.2 Å². The minimum atomic E-state index is -3.22. The fourth-order valence-corrected chi connectivity index (χ4v) is 2.48. The summed E-state index contributed by atoms with van der Waals surface area (Å²) in [7, 11) is -3.22. The fraction of sp³-hybridized carbons (Fsp3) is 0.267. The van der Waals surface area contributed by atoms with Gasteiger partial charge in [0.1, 0.15) is 0 Å². The maximum Gasteiger partial charge on any atom is 0.208 e. The molecule has 1 atom stereocenters. The van der Waals surface area contributed by atoms with E-state index in [-0.39, 0.29) is 5.92 Å². The summed E-state index contributed by atoms with van der Waals surface area (Å²) in [6.45, 7) is 2.33. The van der Waals surface area contributed by atoms with E-state index in [1.165, 1.54) is 5.56 Å². The summed E-state index contributed by atoms with van der Waals surface area (Å²) >= 11 is 0. The summed E-state index contributed by atoms with van der Waals surface area (Å²) in [4.78, 5) is 4.34. The second-order valence-corrected chi connectivity index (χ2v) is 6.67. The third-order valence-corrected chi connectivity index (χ3v) is 3.77. The van der Waals surface area contributed by atoms with Crippen molar-refractivity contribution in [2.75, 3.05) is 12.8 Å². The van der Waals surface area contributed by atoms with Crippen LogP contribution in [0.5, 0.6) is 0 Å². The van der Waals surface area contributed by atoms with Crippen molar-refractivity contribution in [2.24, 2.45) is 0 Å². The van der Waals surface area contributed by atoms with Crippen LogP contribution in [0.15, 0.2) is 48.7 Å². The number of hydrogen-bond acceptors (Lipinski definition) is 3. The molecule has 2 rings (SSSR count). The first-order valence-electron chi connectivity index (χ1n) is 6.38. The highest BCUT2D eigenvalue weighted by atomic mass is 32.2. The zero-order valence-electron chi connectivity index (χ0n) is 11.6. The predicted octanol–water partition coefficient (Wildman–Crippen LogP) is 2.07. The Kier molecular flexibility index (Phi) is 4.52. The molecule has 0 bridgehead atoms. The Morgan fingerprint density at radius 3 is 2.40 bits per heavy atom. The molecule has 4 nitrogen and oxygen atoms in total. The number of rotatable bonds is 5. The first-order valence-corrected chi connectivity index (χ1v) is 8.27. The lowest BCUT2D eigenvalue weighted by Gasteiger charge is -2.17. The molecule has 2 aromatic rings. The van der Waals surface area contributed by atoms with Gasteiger partial charge in [0, 0.05) is 24.4 Å². The zero-order valence-corrected chi connectivity index (χ0v) is 12.4. The lowest BCUT2D eigenvalue weighted by atomic mass is 9.94. The largest absolute Gasteiger partial charge is 0.261 e. The summed E-state index contributed by atoms with van der Waals surface area (Å²) in [6.07, 6.45) is 2.88. The minimum absolute atomic E-state index is 0.0912. The molecule has 106 valence electrons. The van der Waals surface area contributed by atoms with Crippen LogP contribution in [0.1, 0.15) is 22.7 Å². The number of aryl methyl sites for hydroxylation is 1. The van der Waals surface area contributed by atoms with Crippen LogP contribution in [0.2, 0.25) is 0 Å². The highest BCUT2D eigenvalue weighted by molar-refractivity contribution is 7.88. The molecule has 1 heterocycles. The Labute approximate surface area is 119 Å². The van der Waals surface area contributed by atoms with E-state index in [1.807, 2.05) is 49.4 Å².